The molecule has 0 fully saturated rings. The molecule has 2 aliphatic rings. The summed E-state index contributed by atoms with van der Waals surface area (Å²) in [4.78, 5) is 0.568. The van der Waals surface area contributed by atoms with Gasteiger partial charge in [-0.05, 0) is 72.2 Å². The van der Waals surface area contributed by atoms with Crippen LogP contribution in [0.3, 0.4) is 0 Å². The van der Waals surface area contributed by atoms with Crippen LogP contribution in [0.15, 0.2) is 107 Å². The molecule has 2 aliphatic heterocycles. The normalized spacial score (nSPS) is 26.3. The van der Waals surface area contributed by atoms with Crippen molar-refractivity contribution in [1.82, 2.24) is 0 Å². The first-order chi connectivity index (χ1) is 26.8. The van der Waals surface area contributed by atoms with Crippen molar-refractivity contribution >= 4 is 19.7 Å². The lowest BCUT2D eigenvalue weighted by atomic mass is 9.69. The Balaban J connectivity index is 0.000000214. The molecule has 0 unspecified atom stereocenters. The number of hydrogen-bond donors (Lipinski definition) is 2. The van der Waals surface area contributed by atoms with Crippen LogP contribution in [0.2, 0.25) is 0 Å². The molecule has 10 heteroatoms. The maximum Gasteiger partial charge on any atom is 0.179 e. The van der Waals surface area contributed by atoms with Gasteiger partial charge in [0.25, 0.3) is 0 Å². The molecule has 6 atom stereocenters. The van der Waals surface area contributed by atoms with Gasteiger partial charge >= 0.3 is 0 Å². The zero-order valence-corrected chi connectivity index (χ0v) is 35.4. The summed E-state index contributed by atoms with van der Waals surface area (Å²) < 4.78 is 64.4. The van der Waals surface area contributed by atoms with E-state index in [0.29, 0.717) is 48.3 Å². The molecule has 0 bridgehead atoms. The van der Waals surface area contributed by atoms with Gasteiger partial charge in [0.1, 0.15) is 11.5 Å². The minimum atomic E-state index is -3.58. The number of rotatable bonds is 12. The number of benzene rings is 4. The lowest BCUT2D eigenvalue weighted by molar-refractivity contribution is 0.0173. The quantitative estimate of drug-likeness (QED) is 0.145. The molecule has 0 amide bonds. The third kappa shape index (κ3) is 8.74. The fraction of sp³-hybridized carbons (Fsp3) is 0.478. The zero-order valence-electron chi connectivity index (χ0n) is 33.8. The van der Waals surface area contributed by atoms with Gasteiger partial charge < -0.3 is 19.7 Å². The molecule has 0 saturated heterocycles. The molecule has 304 valence electrons. The fourth-order valence-electron chi connectivity index (χ4n) is 8.98. The van der Waals surface area contributed by atoms with Crippen molar-refractivity contribution in [2.24, 2.45) is 10.8 Å². The van der Waals surface area contributed by atoms with Gasteiger partial charge in [-0.15, -0.1) is 0 Å². The van der Waals surface area contributed by atoms with E-state index in [2.05, 4.69) is 13.8 Å². The fourth-order valence-corrected chi connectivity index (χ4v) is 13.5. The number of fused-ring (bicyclic) bond motifs is 2. The molecule has 2 N–H and O–H groups in total. The van der Waals surface area contributed by atoms with E-state index in [1.807, 2.05) is 74.5 Å². The Morgan fingerprint density at radius 3 is 1.23 bits per heavy atom. The summed E-state index contributed by atoms with van der Waals surface area (Å²) in [6.07, 6.45) is 4.75. The number of ether oxygens (including phenoxy) is 2. The lowest BCUT2D eigenvalue weighted by Crippen LogP contribution is -2.42. The predicted molar refractivity (Wildman–Crippen MR) is 223 cm³/mol. The summed E-state index contributed by atoms with van der Waals surface area (Å²) in [7, 11) is -4.08. The van der Waals surface area contributed by atoms with Gasteiger partial charge in [-0.1, -0.05) is 126 Å². The number of methoxy groups -OCH3 is 2. The van der Waals surface area contributed by atoms with E-state index in [-0.39, 0.29) is 21.3 Å². The van der Waals surface area contributed by atoms with Crippen LogP contribution in [0.4, 0.5) is 0 Å². The maximum atomic E-state index is 13.5. The predicted octanol–water partition coefficient (Wildman–Crippen LogP) is 9.12. The topological polar surface area (TPSA) is 127 Å². The Hall–Kier alpha value is -3.70. The minimum absolute atomic E-state index is 0.0405. The molecular weight excluding hydrogens is 745 g/mol. The number of sulfone groups is 2. The summed E-state index contributed by atoms with van der Waals surface area (Å²) in [6, 6.07) is 29.9. The first kappa shape index (κ1) is 43.4. The van der Waals surface area contributed by atoms with E-state index in [4.69, 9.17) is 9.47 Å². The van der Waals surface area contributed by atoms with Gasteiger partial charge in [0.15, 0.2) is 19.7 Å². The third-order valence-electron chi connectivity index (χ3n) is 12.4. The summed E-state index contributed by atoms with van der Waals surface area (Å²) in [5.41, 5.74) is 1.83. The highest BCUT2D eigenvalue weighted by Gasteiger charge is 2.50. The highest BCUT2D eigenvalue weighted by molar-refractivity contribution is 7.91. The van der Waals surface area contributed by atoms with Gasteiger partial charge in [0.05, 0.1) is 47.7 Å². The summed E-state index contributed by atoms with van der Waals surface area (Å²) in [5.74, 6) is 0.164. The molecule has 0 aromatic heterocycles. The largest absolute Gasteiger partial charge is 0.497 e. The van der Waals surface area contributed by atoms with Crippen LogP contribution in [-0.4, -0.2) is 65.0 Å². The van der Waals surface area contributed by atoms with Crippen LogP contribution < -0.4 is 9.47 Å². The van der Waals surface area contributed by atoms with Crippen LogP contribution in [0.25, 0.3) is 0 Å². The second-order valence-corrected chi connectivity index (χ2v) is 19.5. The molecule has 4 aromatic carbocycles. The molecule has 6 rings (SSSR count). The van der Waals surface area contributed by atoms with E-state index in [0.717, 1.165) is 36.8 Å². The molecule has 2 heterocycles. The molecular formula is C46H60O8S2. The molecule has 0 radical (unpaired) electrons. The Bertz CT molecular complexity index is 1970. The first-order valence-electron chi connectivity index (χ1n) is 20.0. The summed E-state index contributed by atoms with van der Waals surface area (Å²) in [5, 5.41) is 23.3. The van der Waals surface area contributed by atoms with Crippen molar-refractivity contribution in [3.05, 3.63) is 119 Å². The molecule has 0 spiro atoms. The minimum Gasteiger partial charge on any atom is -0.497 e. The van der Waals surface area contributed by atoms with Crippen LogP contribution in [0.5, 0.6) is 11.5 Å². The van der Waals surface area contributed by atoms with Crippen molar-refractivity contribution in [1.29, 1.82) is 0 Å². The van der Waals surface area contributed by atoms with E-state index in [9.17, 15) is 27.0 Å². The summed E-state index contributed by atoms with van der Waals surface area (Å²) in [6.45, 7) is 8.17. The van der Waals surface area contributed by atoms with Gasteiger partial charge in [0.2, 0.25) is 0 Å². The highest BCUT2D eigenvalue weighted by atomic mass is 32.2. The van der Waals surface area contributed by atoms with Crippen molar-refractivity contribution < 1.29 is 36.5 Å². The van der Waals surface area contributed by atoms with E-state index < -0.39 is 54.5 Å². The van der Waals surface area contributed by atoms with Gasteiger partial charge in [-0.3, -0.25) is 0 Å². The van der Waals surface area contributed by atoms with Crippen LogP contribution in [0, 0.1) is 10.8 Å². The standard InChI is InChI=1S/2C23H30O4S/c2*1-4-6-14-23(5-2)16-28(25,26)20-15-18(27-3)12-13-19(20)21(22(23)24)17-10-8-7-9-11-17/h2*7-13,15,21-22,24H,4-6,14,16H2,1-3H3/t21-,22-,23+;21-,22-,23-/m01/s1. The number of hydrogen-bond acceptors (Lipinski definition) is 8. The highest BCUT2D eigenvalue weighted by Crippen LogP contribution is 2.51. The maximum absolute atomic E-state index is 13.5. The smallest absolute Gasteiger partial charge is 0.179 e. The monoisotopic (exact) mass is 804 g/mol. The first-order valence-corrected chi connectivity index (χ1v) is 23.3. The third-order valence-corrected chi connectivity index (χ3v) is 16.4. The Morgan fingerprint density at radius 1 is 0.571 bits per heavy atom. The van der Waals surface area contributed by atoms with Gasteiger partial charge in [-0.25, -0.2) is 16.8 Å². The average Bonchev–Trinajstić information content (AvgIpc) is 3.34. The average molecular weight is 805 g/mol. The summed E-state index contributed by atoms with van der Waals surface area (Å²) >= 11 is 0. The lowest BCUT2D eigenvalue weighted by Gasteiger charge is -2.39. The Morgan fingerprint density at radius 2 is 0.929 bits per heavy atom. The number of aliphatic hydroxyl groups excluding tert-OH is 2. The molecule has 0 saturated carbocycles. The molecule has 4 aromatic rings. The Labute approximate surface area is 335 Å². The van der Waals surface area contributed by atoms with Crippen molar-refractivity contribution in [3.8, 4) is 11.5 Å². The van der Waals surface area contributed by atoms with E-state index in [1.165, 1.54) is 14.2 Å². The number of unbranched alkanes of at least 4 members (excludes halogenated alkanes) is 2. The second kappa shape index (κ2) is 18.3. The number of aliphatic hydroxyl groups is 2. The van der Waals surface area contributed by atoms with Crippen molar-refractivity contribution in [3.63, 3.8) is 0 Å². The van der Waals surface area contributed by atoms with Crippen LogP contribution in [0.1, 0.15) is 113 Å². The molecule has 8 nitrogen and oxygen atoms in total. The van der Waals surface area contributed by atoms with Crippen LogP contribution >= 0.6 is 0 Å². The zero-order chi connectivity index (χ0) is 40.7. The van der Waals surface area contributed by atoms with E-state index in [1.54, 1.807) is 36.4 Å². The van der Waals surface area contributed by atoms with Crippen molar-refractivity contribution in [2.45, 2.75) is 113 Å². The van der Waals surface area contributed by atoms with Crippen molar-refractivity contribution in [2.75, 3.05) is 25.7 Å². The SMILES string of the molecule is CCCC[C@]1(CC)CS(=O)(=O)c2cc(OC)ccc2[C@@H](c2ccccc2)[C@H]1O.CCCC[C@]1(CC)CS(=O)(=O)c2cc(OC)ccc2[C@H](c2ccccc2)[C@@H]1O. The Kier molecular flexibility index (Phi) is 14.2. The molecule has 56 heavy (non-hydrogen) atoms. The van der Waals surface area contributed by atoms with Gasteiger partial charge in [0, 0.05) is 22.7 Å². The molecule has 0 aliphatic carbocycles. The second-order valence-electron chi connectivity index (χ2n) is 15.6. The van der Waals surface area contributed by atoms with E-state index >= 15 is 0 Å². The van der Waals surface area contributed by atoms with Gasteiger partial charge in [-0.2, -0.15) is 0 Å². The van der Waals surface area contributed by atoms with Crippen LogP contribution in [-0.2, 0) is 19.7 Å².